The summed E-state index contributed by atoms with van der Waals surface area (Å²) in [5.41, 5.74) is 4.05. The van der Waals surface area contributed by atoms with Crippen molar-refractivity contribution in [2.24, 2.45) is 23.2 Å². The van der Waals surface area contributed by atoms with Crippen molar-refractivity contribution >= 4 is 5.52 Å². The highest BCUT2D eigenvalue weighted by Gasteiger charge is 2.51. The largest absolute Gasteiger partial charge is 0.387 e. The highest BCUT2D eigenvalue weighted by atomic mass is 16.3. The van der Waals surface area contributed by atoms with Crippen LogP contribution in [-0.2, 0) is 0 Å². The molecule has 5 fully saturated rings. The molecule has 2 aromatic rings. The Morgan fingerprint density at radius 2 is 1.76 bits per heavy atom. The predicted octanol–water partition coefficient (Wildman–Crippen LogP) is 4.85. The third kappa shape index (κ3) is 2.31. The molecule has 5 saturated carbocycles. The zero-order valence-electron chi connectivity index (χ0n) is 14.9. The molecule has 0 radical (unpaired) electrons. The zero-order chi connectivity index (χ0) is 16.6. The van der Waals surface area contributed by atoms with Gasteiger partial charge in [-0.1, -0.05) is 6.07 Å². The Bertz CT molecular complexity index is 783. The number of rotatable bonds is 4. The monoisotopic (exact) mass is 336 g/mol. The van der Waals surface area contributed by atoms with Crippen LogP contribution in [0.5, 0.6) is 0 Å². The maximum atomic E-state index is 11.4. The lowest BCUT2D eigenvalue weighted by atomic mass is 9.48. The molecule has 4 bridgehead atoms. The average molecular weight is 336 g/mol. The maximum Gasteiger partial charge on any atom is 0.0995 e. The fraction of sp³-hybridized carbons (Fsp3) is 0.682. The van der Waals surface area contributed by atoms with Crippen LogP contribution in [0.2, 0.25) is 0 Å². The lowest BCUT2D eigenvalue weighted by Gasteiger charge is -2.57. The summed E-state index contributed by atoms with van der Waals surface area (Å²) in [4.78, 5) is 4.34. The summed E-state index contributed by atoms with van der Waals surface area (Å²) in [6.07, 6.45) is 15.5. The van der Waals surface area contributed by atoms with E-state index in [1.54, 1.807) is 0 Å². The summed E-state index contributed by atoms with van der Waals surface area (Å²) in [6.45, 7) is 0. The van der Waals surface area contributed by atoms with Crippen LogP contribution < -0.4 is 0 Å². The van der Waals surface area contributed by atoms with E-state index in [9.17, 15) is 5.11 Å². The first-order chi connectivity index (χ1) is 12.2. The van der Waals surface area contributed by atoms with Gasteiger partial charge in [0.15, 0.2) is 0 Å². The molecule has 1 unspecified atom stereocenters. The van der Waals surface area contributed by atoms with Gasteiger partial charge in [0, 0.05) is 0 Å². The number of imidazole rings is 1. The number of fused-ring (bicyclic) bond motifs is 1. The second kappa shape index (κ2) is 5.09. The molecule has 0 spiro atoms. The van der Waals surface area contributed by atoms with Crippen LogP contribution in [0.25, 0.3) is 5.52 Å². The Labute approximate surface area is 149 Å². The summed E-state index contributed by atoms with van der Waals surface area (Å²) < 4.78 is 2.17. The minimum atomic E-state index is -0.343. The molecule has 25 heavy (non-hydrogen) atoms. The number of nitrogens with zero attached hydrogens (tertiary/aromatic N) is 2. The van der Waals surface area contributed by atoms with Crippen LogP contribution in [-0.4, -0.2) is 14.5 Å². The topological polar surface area (TPSA) is 37.5 Å². The Morgan fingerprint density at radius 3 is 2.40 bits per heavy atom. The molecule has 2 heterocycles. The van der Waals surface area contributed by atoms with Crippen molar-refractivity contribution in [3.63, 3.8) is 0 Å². The van der Waals surface area contributed by atoms with Gasteiger partial charge in [0.25, 0.3) is 0 Å². The van der Waals surface area contributed by atoms with Gasteiger partial charge in [-0.15, -0.1) is 0 Å². The Hall–Kier alpha value is -1.35. The van der Waals surface area contributed by atoms with Crippen LogP contribution >= 0.6 is 0 Å². The van der Waals surface area contributed by atoms with Crippen LogP contribution in [0, 0.1) is 23.2 Å². The molecule has 0 amide bonds. The normalized spacial score (nSPS) is 37.7. The quantitative estimate of drug-likeness (QED) is 0.866. The van der Waals surface area contributed by atoms with Gasteiger partial charge in [0.1, 0.15) is 0 Å². The molecule has 3 nitrogen and oxygen atoms in total. The second-order valence-electron chi connectivity index (χ2n) is 9.77. The van der Waals surface area contributed by atoms with E-state index in [4.69, 9.17) is 0 Å². The van der Waals surface area contributed by atoms with Crippen LogP contribution in [0.3, 0.4) is 0 Å². The molecule has 5 aliphatic rings. The Kier molecular flexibility index (Phi) is 3.01. The molecule has 2 aromatic heterocycles. The van der Waals surface area contributed by atoms with Gasteiger partial charge >= 0.3 is 0 Å². The highest BCUT2D eigenvalue weighted by molar-refractivity contribution is 5.50. The van der Waals surface area contributed by atoms with Gasteiger partial charge in [-0.25, -0.2) is 4.98 Å². The molecule has 1 N–H and O–H groups in total. The first kappa shape index (κ1) is 14.8. The molecule has 0 aromatic carbocycles. The van der Waals surface area contributed by atoms with Crippen molar-refractivity contribution in [3.8, 4) is 0 Å². The molecule has 5 aliphatic carbocycles. The van der Waals surface area contributed by atoms with Crippen LogP contribution in [0.1, 0.15) is 81.1 Å². The van der Waals surface area contributed by atoms with Gasteiger partial charge in [0.2, 0.25) is 0 Å². The molecule has 0 aliphatic heterocycles. The Morgan fingerprint density at radius 1 is 1.08 bits per heavy atom. The number of aliphatic hydroxyl groups is 1. The zero-order valence-corrected chi connectivity index (χ0v) is 14.9. The maximum absolute atomic E-state index is 11.4. The summed E-state index contributed by atoms with van der Waals surface area (Å²) in [7, 11) is 0. The molecule has 7 rings (SSSR count). The average Bonchev–Trinajstić information content (AvgIpc) is 3.29. The molecular formula is C22H28N2O. The second-order valence-corrected chi connectivity index (χ2v) is 9.77. The minimum Gasteiger partial charge on any atom is -0.387 e. The molecule has 132 valence electrons. The number of hydrogen-bond donors (Lipinski definition) is 1. The standard InChI is InChI=1S/C22H28N2O/c25-20(11-22-8-14-5-15(9-22)7-16(6-14)10-22)21-19(17-1-2-17)4-3-18-12-23-13-24(18)21/h3-4,12-17,20,25H,1-2,5-11H2. The van der Waals surface area contributed by atoms with E-state index in [-0.39, 0.29) is 6.10 Å². The van der Waals surface area contributed by atoms with Crippen LogP contribution in [0.4, 0.5) is 0 Å². The smallest absolute Gasteiger partial charge is 0.0995 e. The van der Waals surface area contributed by atoms with E-state index in [0.717, 1.165) is 35.4 Å². The predicted molar refractivity (Wildman–Crippen MR) is 97.3 cm³/mol. The number of pyridine rings is 1. The van der Waals surface area contributed by atoms with Crippen molar-refractivity contribution in [2.45, 2.75) is 69.8 Å². The highest BCUT2D eigenvalue weighted by Crippen LogP contribution is 2.62. The van der Waals surface area contributed by atoms with Gasteiger partial charge < -0.3 is 9.51 Å². The number of hydrogen-bond acceptors (Lipinski definition) is 2. The van der Waals surface area contributed by atoms with E-state index >= 15 is 0 Å². The van der Waals surface area contributed by atoms with Gasteiger partial charge in [-0.2, -0.15) is 0 Å². The van der Waals surface area contributed by atoms with Crippen molar-refractivity contribution in [3.05, 3.63) is 35.9 Å². The third-order valence-electron chi connectivity index (χ3n) is 7.78. The van der Waals surface area contributed by atoms with E-state index in [1.165, 1.54) is 56.9 Å². The fourth-order valence-corrected chi connectivity index (χ4v) is 7.17. The summed E-state index contributed by atoms with van der Waals surface area (Å²) in [5.74, 6) is 3.51. The summed E-state index contributed by atoms with van der Waals surface area (Å²) in [6, 6.07) is 4.43. The summed E-state index contributed by atoms with van der Waals surface area (Å²) in [5, 5.41) is 11.4. The van der Waals surface area contributed by atoms with Crippen molar-refractivity contribution < 1.29 is 5.11 Å². The van der Waals surface area contributed by atoms with E-state index < -0.39 is 0 Å². The molecule has 3 heteroatoms. The van der Waals surface area contributed by atoms with Crippen molar-refractivity contribution in [1.29, 1.82) is 0 Å². The SMILES string of the molecule is OC(CC12CC3CC(CC(C3)C1)C2)c1c(C2CC2)ccc2cncn12. The fourth-order valence-electron chi connectivity index (χ4n) is 7.17. The number of aromatic nitrogens is 2. The van der Waals surface area contributed by atoms with E-state index in [0.29, 0.717) is 11.3 Å². The van der Waals surface area contributed by atoms with Gasteiger partial charge in [0.05, 0.1) is 29.8 Å². The molecular weight excluding hydrogens is 308 g/mol. The van der Waals surface area contributed by atoms with E-state index in [2.05, 4.69) is 21.5 Å². The number of aliphatic hydroxyl groups excluding tert-OH is 1. The first-order valence-electron chi connectivity index (χ1n) is 10.3. The third-order valence-corrected chi connectivity index (χ3v) is 7.78. The first-order valence-corrected chi connectivity index (χ1v) is 10.3. The summed E-state index contributed by atoms with van der Waals surface area (Å²) >= 11 is 0. The molecule has 0 saturated heterocycles. The van der Waals surface area contributed by atoms with Crippen molar-refractivity contribution in [1.82, 2.24) is 9.38 Å². The molecule has 1 atom stereocenters. The van der Waals surface area contributed by atoms with Gasteiger partial charge in [-0.05, 0) is 98.5 Å². The Balaban J connectivity index is 1.37. The lowest BCUT2D eigenvalue weighted by Crippen LogP contribution is -2.46. The van der Waals surface area contributed by atoms with Gasteiger partial charge in [-0.3, -0.25) is 0 Å². The van der Waals surface area contributed by atoms with Crippen LogP contribution in [0.15, 0.2) is 24.7 Å². The van der Waals surface area contributed by atoms with E-state index in [1.807, 2.05) is 12.5 Å². The lowest BCUT2D eigenvalue weighted by molar-refractivity contribution is -0.0771. The van der Waals surface area contributed by atoms with Crippen molar-refractivity contribution in [2.75, 3.05) is 0 Å². The minimum absolute atomic E-state index is 0.343.